The van der Waals surface area contributed by atoms with Crippen LogP contribution in [0, 0.1) is 0 Å². The standard InChI is InChI=1S/C12H13Cl2NO5/c1-19-12(18)10(16)5-15-11(17)6-20-7-2-3-8(13)9(14)4-7/h2-4,10,16H,5-6H2,1H3,(H,15,17). The van der Waals surface area contributed by atoms with Crippen LogP contribution in [-0.2, 0) is 14.3 Å². The highest BCUT2D eigenvalue weighted by Gasteiger charge is 2.16. The summed E-state index contributed by atoms with van der Waals surface area (Å²) < 4.78 is 9.47. The van der Waals surface area contributed by atoms with E-state index in [0.717, 1.165) is 7.11 Å². The Morgan fingerprint density at radius 1 is 1.35 bits per heavy atom. The van der Waals surface area contributed by atoms with E-state index in [0.29, 0.717) is 15.8 Å². The zero-order valence-electron chi connectivity index (χ0n) is 10.6. The molecule has 0 aromatic heterocycles. The van der Waals surface area contributed by atoms with Crippen LogP contribution in [0.3, 0.4) is 0 Å². The molecule has 8 heteroatoms. The van der Waals surface area contributed by atoms with Crippen molar-refractivity contribution in [1.82, 2.24) is 5.32 Å². The van der Waals surface area contributed by atoms with Crippen LogP contribution in [0.4, 0.5) is 0 Å². The normalized spacial score (nSPS) is 11.6. The summed E-state index contributed by atoms with van der Waals surface area (Å²) in [5.74, 6) is -0.946. The summed E-state index contributed by atoms with van der Waals surface area (Å²) in [5, 5.41) is 12.3. The van der Waals surface area contributed by atoms with Crippen molar-refractivity contribution in [3.63, 3.8) is 0 Å². The first kappa shape index (κ1) is 16.6. The number of aliphatic hydroxyl groups excluding tert-OH is 1. The number of benzene rings is 1. The number of ether oxygens (including phenoxy) is 2. The number of nitrogens with one attached hydrogen (secondary N) is 1. The van der Waals surface area contributed by atoms with Crippen molar-refractivity contribution in [3.8, 4) is 5.75 Å². The zero-order valence-corrected chi connectivity index (χ0v) is 12.1. The van der Waals surface area contributed by atoms with E-state index in [1.165, 1.54) is 12.1 Å². The number of methoxy groups -OCH3 is 1. The average Bonchev–Trinajstić information content (AvgIpc) is 2.45. The summed E-state index contributed by atoms with van der Waals surface area (Å²) in [6, 6.07) is 4.57. The van der Waals surface area contributed by atoms with E-state index in [-0.39, 0.29) is 13.2 Å². The summed E-state index contributed by atoms with van der Waals surface area (Å²) in [6.45, 7) is -0.540. The fourth-order valence-electron chi connectivity index (χ4n) is 1.20. The number of amides is 1. The third-order valence-electron chi connectivity index (χ3n) is 2.23. The molecule has 0 radical (unpaired) electrons. The largest absolute Gasteiger partial charge is 0.484 e. The molecule has 0 spiro atoms. The van der Waals surface area contributed by atoms with Gasteiger partial charge in [-0.15, -0.1) is 0 Å². The molecule has 110 valence electrons. The third-order valence-corrected chi connectivity index (χ3v) is 2.97. The average molecular weight is 322 g/mol. The summed E-state index contributed by atoms with van der Waals surface area (Å²) >= 11 is 11.5. The van der Waals surface area contributed by atoms with Gasteiger partial charge in [0.2, 0.25) is 0 Å². The first-order valence-corrected chi connectivity index (χ1v) is 6.30. The van der Waals surface area contributed by atoms with Crippen LogP contribution in [0.1, 0.15) is 0 Å². The topological polar surface area (TPSA) is 84.9 Å². The van der Waals surface area contributed by atoms with Gasteiger partial charge in [0, 0.05) is 6.07 Å². The van der Waals surface area contributed by atoms with Crippen LogP contribution >= 0.6 is 23.2 Å². The van der Waals surface area contributed by atoms with E-state index in [9.17, 15) is 14.7 Å². The molecule has 0 saturated heterocycles. The second-order valence-electron chi connectivity index (χ2n) is 3.71. The highest BCUT2D eigenvalue weighted by molar-refractivity contribution is 6.42. The van der Waals surface area contributed by atoms with Gasteiger partial charge in [0.05, 0.1) is 23.7 Å². The zero-order chi connectivity index (χ0) is 15.1. The van der Waals surface area contributed by atoms with Crippen molar-refractivity contribution in [2.24, 2.45) is 0 Å². The summed E-state index contributed by atoms with van der Waals surface area (Å²) in [4.78, 5) is 22.3. The molecule has 0 heterocycles. The minimum Gasteiger partial charge on any atom is -0.484 e. The second-order valence-corrected chi connectivity index (χ2v) is 4.52. The molecule has 0 aliphatic heterocycles. The summed E-state index contributed by atoms with van der Waals surface area (Å²) in [6.07, 6.45) is -1.41. The van der Waals surface area contributed by atoms with E-state index >= 15 is 0 Å². The van der Waals surface area contributed by atoms with Gasteiger partial charge in [-0.3, -0.25) is 4.79 Å². The van der Waals surface area contributed by atoms with Gasteiger partial charge in [0.15, 0.2) is 12.7 Å². The number of carbonyl (C=O) groups is 2. The summed E-state index contributed by atoms with van der Waals surface area (Å²) in [5.41, 5.74) is 0. The van der Waals surface area contributed by atoms with Gasteiger partial charge in [-0.05, 0) is 12.1 Å². The lowest BCUT2D eigenvalue weighted by atomic mass is 10.3. The van der Waals surface area contributed by atoms with Crippen molar-refractivity contribution < 1.29 is 24.2 Å². The highest BCUT2D eigenvalue weighted by atomic mass is 35.5. The molecule has 1 aromatic rings. The Bertz CT molecular complexity index is 495. The van der Waals surface area contributed by atoms with Crippen LogP contribution in [0.15, 0.2) is 18.2 Å². The Balaban J connectivity index is 2.36. The number of aliphatic hydroxyl groups is 1. The second kappa shape index (κ2) is 7.94. The monoisotopic (exact) mass is 321 g/mol. The molecule has 0 aliphatic carbocycles. The SMILES string of the molecule is COC(=O)C(O)CNC(=O)COc1ccc(Cl)c(Cl)c1. The van der Waals surface area contributed by atoms with Gasteiger partial charge >= 0.3 is 5.97 Å². The van der Waals surface area contributed by atoms with Crippen molar-refractivity contribution in [1.29, 1.82) is 0 Å². The van der Waals surface area contributed by atoms with Gasteiger partial charge in [0.1, 0.15) is 5.75 Å². The Kier molecular flexibility index (Phi) is 6.57. The first-order valence-electron chi connectivity index (χ1n) is 5.54. The van der Waals surface area contributed by atoms with Crippen LogP contribution in [0.5, 0.6) is 5.75 Å². The predicted molar refractivity (Wildman–Crippen MR) is 73.0 cm³/mol. The van der Waals surface area contributed by atoms with Gasteiger partial charge in [-0.25, -0.2) is 4.79 Å². The number of carbonyl (C=O) groups excluding carboxylic acids is 2. The van der Waals surface area contributed by atoms with Crippen LogP contribution in [0.25, 0.3) is 0 Å². The van der Waals surface area contributed by atoms with Crippen molar-refractivity contribution in [2.75, 3.05) is 20.3 Å². The molecule has 0 aliphatic rings. The van der Waals surface area contributed by atoms with Crippen LogP contribution in [0.2, 0.25) is 10.0 Å². The van der Waals surface area contributed by atoms with Crippen molar-refractivity contribution >= 4 is 35.1 Å². The number of rotatable bonds is 6. The molecule has 0 fully saturated rings. The molecule has 1 aromatic carbocycles. The van der Waals surface area contributed by atoms with Gasteiger partial charge in [-0.1, -0.05) is 23.2 Å². The molecule has 0 bridgehead atoms. The maximum absolute atomic E-state index is 11.4. The fourth-order valence-corrected chi connectivity index (χ4v) is 1.48. The lowest BCUT2D eigenvalue weighted by Crippen LogP contribution is -2.39. The first-order chi connectivity index (χ1) is 9.43. The molecular formula is C12H13Cl2NO5. The lowest BCUT2D eigenvalue weighted by Gasteiger charge is -2.10. The van der Waals surface area contributed by atoms with E-state index < -0.39 is 18.0 Å². The molecule has 1 amide bonds. The number of hydrogen-bond acceptors (Lipinski definition) is 5. The Labute approximate surface area is 125 Å². The minimum absolute atomic E-state index is 0.254. The minimum atomic E-state index is -1.41. The van der Waals surface area contributed by atoms with Gasteiger partial charge < -0.3 is 19.9 Å². The quantitative estimate of drug-likeness (QED) is 0.764. The third kappa shape index (κ3) is 5.24. The molecule has 1 unspecified atom stereocenters. The number of halogens is 2. The molecule has 20 heavy (non-hydrogen) atoms. The van der Waals surface area contributed by atoms with E-state index in [2.05, 4.69) is 10.1 Å². The smallest absolute Gasteiger partial charge is 0.336 e. The Hall–Kier alpha value is -1.50. The predicted octanol–water partition coefficient (Wildman–Crippen LogP) is 1.02. The molecule has 1 atom stereocenters. The van der Waals surface area contributed by atoms with Crippen molar-refractivity contribution in [2.45, 2.75) is 6.10 Å². The highest BCUT2D eigenvalue weighted by Crippen LogP contribution is 2.26. The number of hydrogen-bond donors (Lipinski definition) is 2. The summed E-state index contributed by atoms with van der Waals surface area (Å²) in [7, 11) is 1.14. The lowest BCUT2D eigenvalue weighted by molar-refractivity contribution is -0.150. The maximum Gasteiger partial charge on any atom is 0.336 e. The molecule has 0 saturated carbocycles. The van der Waals surface area contributed by atoms with Gasteiger partial charge in [-0.2, -0.15) is 0 Å². The maximum atomic E-state index is 11.4. The van der Waals surface area contributed by atoms with E-state index in [1.807, 2.05) is 0 Å². The van der Waals surface area contributed by atoms with Gasteiger partial charge in [0.25, 0.3) is 5.91 Å². The molecule has 1 rings (SSSR count). The molecule has 6 nitrogen and oxygen atoms in total. The molecular weight excluding hydrogens is 309 g/mol. The number of esters is 1. The van der Waals surface area contributed by atoms with E-state index in [1.54, 1.807) is 6.07 Å². The molecule has 2 N–H and O–H groups in total. The van der Waals surface area contributed by atoms with E-state index in [4.69, 9.17) is 27.9 Å². The van der Waals surface area contributed by atoms with Crippen molar-refractivity contribution in [3.05, 3.63) is 28.2 Å². The van der Waals surface area contributed by atoms with Crippen LogP contribution in [-0.4, -0.2) is 43.3 Å². The van der Waals surface area contributed by atoms with Crippen LogP contribution < -0.4 is 10.1 Å². The fraction of sp³-hybridized carbons (Fsp3) is 0.333. The Morgan fingerprint density at radius 3 is 2.65 bits per heavy atom. The Morgan fingerprint density at radius 2 is 2.05 bits per heavy atom.